The first-order valence-electron chi connectivity index (χ1n) is 9.89. The van der Waals surface area contributed by atoms with Crippen LogP contribution in [0.1, 0.15) is 29.6 Å². The Bertz CT molecular complexity index is 638. The van der Waals surface area contributed by atoms with Gasteiger partial charge in [0.25, 0.3) is 5.91 Å². The van der Waals surface area contributed by atoms with E-state index in [1.54, 1.807) is 4.90 Å². The average molecular weight is 413 g/mol. The number of nitrogens with one attached hydrogen (secondary N) is 2. The first-order chi connectivity index (χ1) is 13.1. The molecule has 0 saturated carbocycles. The van der Waals surface area contributed by atoms with Crippen molar-refractivity contribution < 1.29 is 14.0 Å². The number of carbonyl (C=O) groups is 2. The molecule has 28 heavy (non-hydrogen) atoms. The van der Waals surface area contributed by atoms with Crippen molar-refractivity contribution in [3.63, 3.8) is 0 Å². The highest BCUT2D eigenvalue weighted by atomic mass is 35.5. The van der Waals surface area contributed by atoms with Crippen molar-refractivity contribution in [3.05, 3.63) is 35.6 Å². The fourth-order valence-corrected chi connectivity index (χ4v) is 3.74. The second-order valence-corrected chi connectivity index (χ2v) is 7.33. The third-order valence-corrected chi connectivity index (χ3v) is 5.33. The van der Waals surface area contributed by atoms with Crippen molar-refractivity contribution >= 4 is 24.2 Å². The van der Waals surface area contributed by atoms with Gasteiger partial charge in [0.05, 0.1) is 5.92 Å². The highest BCUT2D eigenvalue weighted by Crippen LogP contribution is 2.19. The third-order valence-electron chi connectivity index (χ3n) is 5.33. The molecule has 1 atom stereocenters. The molecule has 1 unspecified atom stereocenters. The van der Waals surface area contributed by atoms with Gasteiger partial charge in [-0.25, -0.2) is 4.39 Å². The van der Waals surface area contributed by atoms with Gasteiger partial charge in [-0.2, -0.15) is 0 Å². The van der Waals surface area contributed by atoms with E-state index in [2.05, 4.69) is 15.5 Å². The SMILES string of the molecule is Cl.O=C(NCCCN1CCNCC1)C1CCCN(C(=O)c2ccc(F)cc2)C1. The van der Waals surface area contributed by atoms with E-state index in [9.17, 15) is 14.0 Å². The van der Waals surface area contributed by atoms with Gasteiger partial charge in [0.1, 0.15) is 5.82 Å². The molecule has 2 N–H and O–H groups in total. The molecule has 2 aliphatic heterocycles. The standard InChI is InChI=1S/C20H29FN4O2.ClH/c21-18-6-4-16(5-7-18)20(27)25-12-1-3-17(15-25)19(26)23-8-2-11-24-13-9-22-10-14-24;/h4-7,17,22H,1-3,8-15H2,(H,23,26);1H. The van der Waals surface area contributed by atoms with Crippen LogP contribution in [0.15, 0.2) is 24.3 Å². The Morgan fingerprint density at radius 1 is 1.14 bits per heavy atom. The second-order valence-electron chi connectivity index (χ2n) is 7.33. The minimum atomic E-state index is -0.358. The maximum atomic E-state index is 13.0. The number of hydrogen-bond acceptors (Lipinski definition) is 4. The van der Waals surface area contributed by atoms with Crippen LogP contribution in [-0.4, -0.2) is 74.0 Å². The molecular weight excluding hydrogens is 383 g/mol. The van der Waals surface area contributed by atoms with Crippen LogP contribution in [0.5, 0.6) is 0 Å². The normalized spacial score (nSPS) is 20.3. The molecule has 2 amide bonds. The first-order valence-corrected chi connectivity index (χ1v) is 9.89. The van der Waals surface area contributed by atoms with E-state index in [0.29, 0.717) is 25.2 Å². The van der Waals surface area contributed by atoms with Gasteiger partial charge in [-0.05, 0) is 50.1 Å². The Morgan fingerprint density at radius 3 is 2.57 bits per heavy atom. The smallest absolute Gasteiger partial charge is 0.253 e. The van der Waals surface area contributed by atoms with E-state index >= 15 is 0 Å². The van der Waals surface area contributed by atoms with E-state index in [1.165, 1.54) is 24.3 Å². The summed E-state index contributed by atoms with van der Waals surface area (Å²) in [6, 6.07) is 5.58. The molecule has 6 nitrogen and oxygen atoms in total. The predicted octanol–water partition coefficient (Wildman–Crippen LogP) is 1.51. The van der Waals surface area contributed by atoms with Crippen LogP contribution >= 0.6 is 12.4 Å². The summed E-state index contributed by atoms with van der Waals surface area (Å²) in [5.74, 6) is -0.622. The molecular formula is C20H30ClFN4O2. The second kappa shape index (κ2) is 11.3. The molecule has 1 aromatic carbocycles. The molecule has 2 fully saturated rings. The van der Waals surface area contributed by atoms with E-state index in [4.69, 9.17) is 0 Å². The molecule has 2 saturated heterocycles. The lowest BCUT2D eigenvalue weighted by Crippen LogP contribution is -2.46. The van der Waals surface area contributed by atoms with Crippen LogP contribution in [0.2, 0.25) is 0 Å². The van der Waals surface area contributed by atoms with Crippen LogP contribution in [0.3, 0.4) is 0 Å². The van der Waals surface area contributed by atoms with Crippen molar-refractivity contribution in [2.75, 3.05) is 52.4 Å². The number of likely N-dealkylation sites (tertiary alicyclic amines) is 1. The van der Waals surface area contributed by atoms with Crippen molar-refractivity contribution in [1.82, 2.24) is 20.4 Å². The summed E-state index contributed by atoms with van der Waals surface area (Å²) in [6.07, 6.45) is 2.55. The predicted molar refractivity (Wildman–Crippen MR) is 109 cm³/mol. The lowest BCUT2D eigenvalue weighted by atomic mass is 9.96. The minimum absolute atomic E-state index is 0. The molecule has 3 rings (SSSR count). The maximum Gasteiger partial charge on any atom is 0.253 e. The van der Waals surface area contributed by atoms with Crippen molar-refractivity contribution in [3.8, 4) is 0 Å². The van der Waals surface area contributed by atoms with Crippen molar-refractivity contribution in [1.29, 1.82) is 0 Å². The van der Waals surface area contributed by atoms with Crippen molar-refractivity contribution in [2.24, 2.45) is 5.92 Å². The summed E-state index contributed by atoms with van der Waals surface area (Å²) in [4.78, 5) is 29.2. The Kier molecular flexibility index (Phi) is 9.15. The quantitative estimate of drug-likeness (QED) is 0.695. The van der Waals surface area contributed by atoms with E-state index < -0.39 is 0 Å². The summed E-state index contributed by atoms with van der Waals surface area (Å²) in [5, 5.41) is 6.36. The number of benzene rings is 1. The van der Waals surface area contributed by atoms with Crippen molar-refractivity contribution in [2.45, 2.75) is 19.3 Å². The lowest BCUT2D eigenvalue weighted by molar-refractivity contribution is -0.126. The summed E-state index contributed by atoms with van der Waals surface area (Å²) in [6.45, 7) is 6.95. The number of halogens is 2. The number of piperidine rings is 1. The fraction of sp³-hybridized carbons (Fsp3) is 0.600. The molecule has 8 heteroatoms. The number of carbonyl (C=O) groups excluding carboxylic acids is 2. The zero-order chi connectivity index (χ0) is 19.1. The molecule has 0 radical (unpaired) electrons. The summed E-state index contributed by atoms with van der Waals surface area (Å²) >= 11 is 0. The molecule has 156 valence electrons. The Hall–Kier alpha value is -1.70. The number of rotatable bonds is 6. The van der Waals surface area contributed by atoms with Crippen LogP contribution in [0.25, 0.3) is 0 Å². The Labute approximate surface area is 172 Å². The van der Waals surface area contributed by atoms with Crippen LogP contribution < -0.4 is 10.6 Å². The Balaban J connectivity index is 0.00000280. The highest BCUT2D eigenvalue weighted by molar-refractivity contribution is 5.94. The molecule has 2 aliphatic rings. The molecule has 0 aromatic heterocycles. The van der Waals surface area contributed by atoms with E-state index in [1.807, 2.05) is 0 Å². The zero-order valence-electron chi connectivity index (χ0n) is 16.2. The van der Waals surface area contributed by atoms with Crippen LogP contribution in [0.4, 0.5) is 4.39 Å². The summed E-state index contributed by atoms with van der Waals surface area (Å²) < 4.78 is 13.0. The number of amides is 2. The van der Waals surface area contributed by atoms with Gasteiger partial charge in [0.2, 0.25) is 5.91 Å². The minimum Gasteiger partial charge on any atom is -0.356 e. The van der Waals surface area contributed by atoms with E-state index in [-0.39, 0.29) is 36.0 Å². The molecule has 1 aromatic rings. The van der Waals surface area contributed by atoms with Gasteiger partial charge in [0, 0.05) is 51.4 Å². The maximum absolute atomic E-state index is 13.0. The Morgan fingerprint density at radius 2 is 1.86 bits per heavy atom. The van der Waals surface area contributed by atoms with Gasteiger partial charge in [-0.15, -0.1) is 12.4 Å². The average Bonchev–Trinajstić information content (AvgIpc) is 2.72. The molecule has 0 spiro atoms. The van der Waals surface area contributed by atoms with Crippen LogP contribution in [0, 0.1) is 11.7 Å². The third kappa shape index (κ3) is 6.43. The van der Waals surface area contributed by atoms with Gasteiger partial charge < -0.3 is 20.4 Å². The van der Waals surface area contributed by atoms with Crippen LogP contribution in [-0.2, 0) is 4.79 Å². The van der Waals surface area contributed by atoms with Gasteiger partial charge >= 0.3 is 0 Å². The topological polar surface area (TPSA) is 64.7 Å². The first kappa shape index (κ1) is 22.6. The zero-order valence-corrected chi connectivity index (χ0v) is 17.0. The lowest BCUT2D eigenvalue weighted by Gasteiger charge is -2.32. The van der Waals surface area contributed by atoms with E-state index in [0.717, 1.165) is 52.0 Å². The monoisotopic (exact) mass is 412 g/mol. The number of hydrogen-bond donors (Lipinski definition) is 2. The number of nitrogens with zero attached hydrogens (tertiary/aromatic N) is 2. The molecule has 2 heterocycles. The summed E-state index contributed by atoms with van der Waals surface area (Å²) in [7, 11) is 0. The fourth-order valence-electron chi connectivity index (χ4n) is 3.74. The van der Waals surface area contributed by atoms with Gasteiger partial charge in [0.15, 0.2) is 0 Å². The van der Waals surface area contributed by atoms with Gasteiger partial charge in [-0.1, -0.05) is 0 Å². The van der Waals surface area contributed by atoms with Gasteiger partial charge in [-0.3, -0.25) is 9.59 Å². The number of piperazine rings is 1. The molecule has 0 aliphatic carbocycles. The highest BCUT2D eigenvalue weighted by Gasteiger charge is 2.28. The summed E-state index contributed by atoms with van der Waals surface area (Å²) in [5.41, 5.74) is 0.466. The molecule has 0 bridgehead atoms. The largest absolute Gasteiger partial charge is 0.356 e.